The standard InChI is InChI=1S/C7H9ClN2O/c8-6(11)7(10)3-1-5(9)2-4-7/h1-3H,4,9-10H2. The van der Waals surface area contributed by atoms with Crippen LogP contribution < -0.4 is 11.5 Å². The Labute approximate surface area is 69.7 Å². The van der Waals surface area contributed by atoms with Crippen molar-refractivity contribution in [3.63, 3.8) is 0 Å². The second-order valence-corrected chi connectivity index (χ2v) is 2.90. The van der Waals surface area contributed by atoms with E-state index < -0.39 is 10.8 Å². The van der Waals surface area contributed by atoms with Gasteiger partial charge in [0.25, 0.3) is 0 Å². The molecule has 0 aromatic carbocycles. The lowest BCUT2D eigenvalue weighted by molar-refractivity contribution is -0.114. The van der Waals surface area contributed by atoms with Crippen molar-refractivity contribution in [2.75, 3.05) is 0 Å². The van der Waals surface area contributed by atoms with Crippen LogP contribution in [0.15, 0.2) is 23.9 Å². The average molecular weight is 173 g/mol. The fraction of sp³-hybridized carbons (Fsp3) is 0.286. The second-order valence-electron chi connectivity index (χ2n) is 2.56. The Balaban J connectivity index is 2.82. The molecule has 1 aliphatic carbocycles. The van der Waals surface area contributed by atoms with E-state index in [1.807, 2.05) is 0 Å². The van der Waals surface area contributed by atoms with E-state index in [9.17, 15) is 4.79 Å². The van der Waals surface area contributed by atoms with Crippen molar-refractivity contribution in [3.05, 3.63) is 23.9 Å². The van der Waals surface area contributed by atoms with E-state index in [-0.39, 0.29) is 0 Å². The first-order chi connectivity index (χ1) is 5.04. The molecule has 0 aromatic heterocycles. The van der Waals surface area contributed by atoms with E-state index in [0.717, 1.165) is 0 Å². The topological polar surface area (TPSA) is 69.1 Å². The fourth-order valence-electron chi connectivity index (χ4n) is 0.814. The third-order valence-electron chi connectivity index (χ3n) is 1.61. The second kappa shape index (κ2) is 2.68. The Bertz CT molecular complexity index is 247. The van der Waals surface area contributed by atoms with Crippen LogP contribution in [0.25, 0.3) is 0 Å². The molecule has 0 aliphatic heterocycles. The molecule has 1 atom stereocenters. The van der Waals surface area contributed by atoms with Gasteiger partial charge in [0.15, 0.2) is 0 Å². The minimum Gasteiger partial charge on any atom is -0.399 e. The molecule has 0 saturated heterocycles. The van der Waals surface area contributed by atoms with Crippen molar-refractivity contribution < 1.29 is 4.79 Å². The first-order valence-corrected chi connectivity index (χ1v) is 3.56. The fourth-order valence-corrected chi connectivity index (χ4v) is 0.954. The molecule has 0 aromatic rings. The summed E-state index contributed by atoms with van der Waals surface area (Å²) in [5, 5.41) is -0.558. The molecule has 4 N–H and O–H groups in total. The number of allylic oxidation sites excluding steroid dienone is 1. The van der Waals surface area contributed by atoms with Gasteiger partial charge in [-0.05, 0) is 24.1 Å². The predicted octanol–water partition coefficient (Wildman–Crippen LogP) is 0.252. The first-order valence-electron chi connectivity index (χ1n) is 3.18. The van der Waals surface area contributed by atoms with Gasteiger partial charge in [0.1, 0.15) is 5.54 Å². The summed E-state index contributed by atoms with van der Waals surface area (Å²) >= 11 is 5.26. The lowest BCUT2D eigenvalue weighted by atomic mass is 9.93. The van der Waals surface area contributed by atoms with Crippen molar-refractivity contribution in [3.8, 4) is 0 Å². The smallest absolute Gasteiger partial charge is 0.245 e. The van der Waals surface area contributed by atoms with E-state index in [4.69, 9.17) is 23.1 Å². The van der Waals surface area contributed by atoms with Crippen molar-refractivity contribution in [1.29, 1.82) is 0 Å². The van der Waals surface area contributed by atoms with Crippen LogP contribution in [0.2, 0.25) is 0 Å². The molecule has 11 heavy (non-hydrogen) atoms. The number of carbonyl (C=O) groups is 1. The van der Waals surface area contributed by atoms with Gasteiger partial charge in [-0.3, -0.25) is 4.79 Å². The summed E-state index contributed by atoms with van der Waals surface area (Å²) in [6.07, 6.45) is 5.17. The minimum atomic E-state index is -1.05. The summed E-state index contributed by atoms with van der Waals surface area (Å²) in [5.74, 6) is 0. The summed E-state index contributed by atoms with van der Waals surface area (Å²) in [7, 11) is 0. The van der Waals surface area contributed by atoms with Crippen LogP contribution in [0.4, 0.5) is 0 Å². The number of halogens is 1. The van der Waals surface area contributed by atoms with Gasteiger partial charge in [-0.2, -0.15) is 0 Å². The maximum Gasteiger partial charge on any atom is 0.245 e. The molecule has 0 bridgehead atoms. The van der Waals surface area contributed by atoms with Gasteiger partial charge in [0.2, 0.25) is 5.24 Å². The molecule has 0 fully saturated rings. The van der Waals surface area contributed by atoms with Crippen LogP contribution in [0, 0.1) is 0 Å². The molecule has 1 rings (SSSR count). The van der Waals surface area contributed by atoms with Gasteiger partial charge in [-0.25, -0.2) is 0 Å². The highest BCUT2D eigenvalue weighted by Gasteiger charge is 2.29. The van der Waals surface area contributed by atoms with Crippen molar-refractivity contribution in [1.82, 2.24) is 0 Å². The lowest BCUT2D eigenvalue weighted by Gasteiger charge is -2.22. The molecule has 4 heteroatoms. The Morgan fingerprint density at radius 1 is 1.73 bits per heavy atom. The Morgan fingerprint density at radius 2 is 2.36 bits per heavy atom. The summed E-state index contributed by atoms with van der Waals surface area (Å²) in [6, 6.07) is 0. The summed E-state index contributed by atoms with van der Waals surface area (Å²) < 4.78 is 0. The zero-order chi connectivity index (χ0) is 8.48. The molecule has 60 valence electrons. The molecule has 0 radical (unpaired) electrons. The zero-order valence-corrected chi connectivity index (χ0v) is 6.64. The molecule has 0 amide bonds. The van der Waals surface area contributed by atoms with Crippen LogP contribution in [0.1, 0.15) is 6.42 Å². The van der Waals surface area contributed by atoms with E-state index in [2.05, 4.69) is 0 Å². The number of rotatable bonds is 1. The molecule has 0 saturated carbocycles. The first kappa shape index (κ1) is 8.30. The third-order valence-corrected chi connectivity index (χ3v) is 1.97. The third kappa shape index (κ3) is 1.61. The molecule has 0 heterocycles. The van der Waals surface area contributed by atoms with E-state index in [0.29, 0.717) is 12.1 Å². The van der Waals surface area contributed by atoms with Gasteiger partial charge >= 0.3 is 0 Å². The van der Waals surface area contributed by atoms with E-state index in [1.54, 1.807) is 12.2 Å². The minimum absolute atomic E-state index is 0.373. The summed E-state index contributed by atoms with van der Waals surface area (Å²) in [6.45, 7) is 0. The Morgan fingerprint density at radius 3 is 2.73 bits per heavy atom. The highest BCUT2D eigenvalue weighted by molar-refractivity contribution is 6.66. The summed E-state index contributed by atoms with van der Waals surface area (Å²) in [4.78, 5) is 10.7. The van der Waals surface area contributed by atoms with Crippen molar-refractivity contribution in [2.45, 2.75) is 12.0 Å². The van der Waals surface area contributed by atoms with Gasteiger partial charge in [0.05, 0.1) is 0 Å². The number of hydrogen-bond acceptors (Lipinski definition) is 3. The van der Waals surface area contributed by atoms with E-state index >= 15 is 0 Å². The van der Waals surface area contributed by atoms with Crippen LogP contribution in [0.3, 0.4) is 0 Å². The highest BCUT2D eigenvalue weighted by Crippen LogP contribution is 2.18. The van der Waals surface area contributed by atoms with Crippen molar-refractivity contribution >= 4 is 16.8 Å². The quantitative estimate of drug-likeness (QED) is 0.558. The Hall–Kier alpha value is -0.800. The monoisotopic (exact) mass is 172 g/mol. The average Bonchev–Trinajstić information content (AvgIpc) is 1.95. The van der Waals surface area contributed by atoms with Gasteiger partial charge in [0, 0.05) is 5.70 Å². The molecular formula is C7H9ClN2O. The van der Waals surface area contributed by atoms with Crippen molar-refractivity contribution in [2.24, 2.45) is 11.5 Å². The zero-order valence-electron chi connectivity index (χ0n) is 5.88. The maximum absolute atomic E-state index is 10.7. The predicted molar refractivity (Wildman–Crippen MR) is 43.8 cm³/mol. The van der Waals surface area contributed by atoms with Gasteiger partial charge < -0.3 is 11.5 Å². The molecule has 3 nitrogen and oxygen atoms in total. The number of nitrogens with two attached hydrogens (primary N) is 2. The van der Waals surface area contributed by atoms with Gasteiger partial charge in [-0.1, -0.05) is 12.2 Å². The molecule has 1 aliphatic rings. The number of carbonyl (C=O) groups excluding carboxylic acids is 1. The van der Waals surface area contributed by atoms with Crippen LogP contribution in [-0.4, -0.2) is 10.8 Å². The molecular weight excluding hydrogens is 164 g/mol. The van der Waals surface area contributed by atoms with Crippen LogP contribution in [-0.2, 0) is 4.79 Å². The molecule has 1 unspecified atom stereocenters. The Kier molecular flexibility index (Phi) is 2.02. The van der Waals surface area contributed by atoms with Crippen LogP contribution in [0.5, 0.6) is 0 Å². The molecule has 0 spiro atoms. The van der Waals surface area contributed by atoms with E-state index in [1.165, 1.54) is 6.08 Å². The summed E-state index contributed by atoms with van der Waals surface area (Å²) in [5.41, 5.74) is 10.6. The highest BCUT2D eigenvalue weighted by atomic mass is 35.5. The van der Waals surface area contributed by atoms with Crippen LogP contribution >= 0.6 is 11.6 Å². The van der Waals surface area contributed by atoms with Gasteiger partial charge in [-0.15, -0.1) is 0 Å². The maximum atomic E-state index is 10.7. The largest absolute Gasteiger partial charge is 0.399 e. The normalized spacial score (nSPS) is 29.8. The SMILES string of the molecule is NC1=CCC(N)(C(=O)Cl)C=C1. The lowest BCUT2D eigenvalue weighted by Crippen LogP contribution is -2.44. The number of hydrogen-bond donors (Lipinski definition) is 2.